The lowest BCUT2D eigenvalue weighted by Crippen LogP contribution is -2.60. The number of benzene rings is 2. The molecule has 2 aliphatic heterocycles. The number of likely N-dealkylation sites (tertiary alicyclic amines) is 1. The van der Waals surface area contributed by atoms with Gasteiger partial charge in [-0.15, -0.1) is 23.2 Å². The van der Waals surface area contributed by atoms with Crippen LogP contribution in [0.1, 0.15) is 34.7 Å². The largest absolute Gasteiger partial charge is 0.504 e. The van der Waals surface area contributed by atoms with Crippen LogP contribution < -0.4 is 9.64 Å². The highest BCUT2D eigenvalue weighted by Crippen LogP contribution is 2.66. The number of halogens is 3. The van der Waals surface area contributed by atoms with Crippen LogP contribution in [-0.2, 0) is 19.2 Å². The molecule has 0 aromatic heterocycles. The van der Waals surface area contributed by atoms with Gasteiger partial charge in [0.2, 0.25) is 11.8 Å². The molecule has 0 spiro atoms. The molecule has 2 saturated heterocycles. The molecule has 42 heavy (non-hydrogen) atoms. The second-order valence-electron chi connectivity index (χ2n) is 10.9. The zero-order chi connectivity index (χ0) is 30.5. The van der Waals surface area contributed by atoms with Gasteiger partial charge in [-0.2, -0.15) is 0 Å². The van der Waals surface area contributed by atoms with Crippen molar-refractivity contribution in [3.63, 3.8) is 0 Å². The fourth-order valence-corrected chi connectivity index (χ4v) is 8.56. The second-order valence-corrected chi connectivity index (χ2v) is 13.1. The Morgan fingerprint density at radius 1 is 1.07 bits per heavy atom. The van der Waals surface area contributed by atoms with Gasteiger partial charge in [0.25, 0.3) is 11.8 Å². The van der Waals surface area contributed by atoms with E-state index in [1.54, 1.807) is 12.1 Å². The molecule has 2 N–H and O–H groups in total. The van der Waals surface area contributed by atoms with Crippen molar-refractivity contribution in [3.05, 3.63) is 63.6 Å². The highest BCUT2D eigenvalue weighted by molar-refractivity contribution is 9.10. The van der Waals surface area contributed by atoms with Crippen molar-refractivity contribution in [2.45, 2.75) is 28.5 Å². The molecule has 0 bridgehead atoms. The number of imide groups is 2. The van der Waals surface area contributed by atoms with Crippen molar-refractivity contribution < 1.29 is 38.9 Å². The Morgan fingerprint density at radius 2 is 1.79 bits per heavy atom. The molecule has 218 valence electrons. The third-order valence-corrected chi connectivity index (χ3v) is 10.8. The van der Waals surface area contributed by atoms with E-state index in [9.17, 15) is 34.2 Å². The maximum absolute atomic E-state index is 14.1. The summed E-state index contributed by atoms with van der Waals surface area (Å²) in [5, 5.41) is 20.7. The number of ether oxygens (including phenoxy) is 1. The van der Waals surface area contributed by atoms with E-state index in [0.717, 1.165) is 9.80 Å². The molecule has 6 rings (SSSR count). The van der Waals surface area contributed by atoms with Crippen LogP contribution >= 0.6 is 39.1 Å². The quantitative estimate of drug-likeness (QED) is 0.281. The van der Waals surface area contributed by atoms with Crippen LogP contribution in [0.3, 0.4) is 0 Å². The Bertz CT molecular complexity index is 1660. The van der Waals surface area contributed by atoms with Gasteiger partial charge in [0.05, 0.1) is 30.2 Å². The van der Waals surface area contributed by atoms with Gasteiger partial charge >= 0.3 is 5.97 Å². The molecule has 3 fully saturated rings. The van der Waals surface area contributed by atoms with Gasteiger partial charge < -0.3 is 14.9 Å². The molecule has 13 heteroatoms. The molecule has 2 aliphatic carbocycles. The summed E-state index contributed by atoms with van der Waals surface area (Å²) in [6.45, 7) is 0. The average molecular weight is 678 g/mol. The predicted octanol–water partition coefficient (Wildman–Crippen LogP) is 4.05. The first-order valence-electron chi connectivity index (χ1n) is 13.0. The summed E-state index contributed by atoms with van der Waals surface area (Å²) in [4.78, 5) is 64.3. The van der Waals surface area contributed by atoms with Crippen LogP contribution in [-0.4, -0.2) is 68.6 Å². The number of allylic oxidation sites excluding steroid dienone is 2. The normalized spacial score (nSPS) is 32.0. The maximum atomic E-state index is 14.1. The number of carboxylic acids is 1. The number of anilines is 1. The maximum Gasteiger partial charge on any atom is 0.335 e. The van der Waals surface area contributed by atoms with Crippen molar-refractivity contribution in [1.29, 1.82) is 0 Å². The molecule has 4 amide bonds. The van der Waals surface area contributed by atoms with E-state index < -0.39 is 63.0 Å². The summed E-state index contributed by atoms with van der Waals surface area (Å²) in [6, 6.07) is 8.60. The number of rotatable bonds is 4. The Labute approximate surface area is 257 Å². The van der Waals surface area contributed by atoms with E-state index in [0.29, 0.717) is 10.0 Å². The SMILES string of the molecule is COc1cc(Br)cc([C@H]2C3=CC[C@@H]4C(=O)N(c5cccc(C(=O)O)c5)C(=O)[C@@H]4[C@@H]3C[C@@]3(Cl)C(=O)N(C)C(=O)[C@@]23Cl)c1O. The van der Waals surface area contributed by atoms with Crippen LogP contribution in [0, 0.1) is 17.8 Å². The lowest BCUT2D eigenvalue weighted by molar-refractivity contribution is -0.138. The fourth-order valence-electron chi connectivity index (χ4n) is 7.09. The van der Waals surface area contributed by atoms with Crippen molar-refractivity contribution in [2.24, 2.45) is 17.8 Å². The fraction of sp³-hybridized carbons (Fsp3) is 0.345. The molecule has 4 aliphatic rings. The molecule has 0 radical (unpaired) electrons. The molecule has 6 atom stereocenters. The summed E-state index contributed by atoms with van der Waals surface area (Å²) in [5.74, 6) is -7.82. The number of aromatic hydroxyl groups is 1. The Hall–Kier alpha value is -3.41. The van der Waals surface area contributed by atoms with Crippen LogP contribution in [0.4, 0.5) is 5.69 Å². The number of methoxy groups -OCH3 is 1. The average Bonchev–Trinajstić information content (AvgIpc) is 3.29. The molecule has 2 aromatic rings. The van der Waals surface area contributed by atoms with E-state index >= 15 is 0 Å². The van der Waals surface area contributed by atoms with E-state index in [4.69, 9.17) is 27.9 Å². The first kappa shape index (κ1) is 28.7. The second kappa shape index (κ2) is 9.55. The number of alkyl halides is 2. The summed E-state index contributed by atoms with van der Waals surface area (Å²) >= 11 is 17.7. The van der Waals surface area contributed by atoms with Crippen molar-refractivity contribution in [2.75, 3.05) is 19.1 Å². The first-order valence-corrected chi connectivity index (χ1v) is 14.5. The predicted molar refractivity (Wildman–Crippen MR) is 154 cm³/mol. The van der Waals surface area contributed by atoms with Gasteiger partial charge in [0, 0.05) is 23.0 Å². The minimum Gasteiger partial charge on any atom is -0.504 e. The number of hydrogen-bond acceptors (Lipinski definition) is 7. The van der Waals surface area contributed by atoms with Crippen molar-refractivity contribution in [1.82, 2.24) is 4.90 Å². The number of carboxylic acid groups (broad SMARTS) is 1. The van der Waals surface area contributed by atoms with Crippen LogP contribution in [0.2, 0.25) is 0 Å². The zero-order valence-electron chi connectivity index (χ0n) is 22.1. The number of aromatic carboxylic acids is 1. The third-order valence-electron chi connectivity index (χ3n) is 8.97. The molecule has 1 saturated carbocycles. The number of phenols is 1. The molecule has 10 nitrogen and oxygen atoms in total. The smallest absolute Gasteiger partial charge is 0.335 e. The molecular weight excluding hydrogens is 655 g/mol. The van der Waals surface area contributed by atoms with Crippen LogP contribution in [0.15, 0.2) is 52.5 Å². The minimum atomic E-state index is -2.07. The van der Waals surface area contributed by atoms with Gasteiger partial charge in [0.1, 0.15) is 0 Å². The minimum absolute atomic E-state index is 0.0814. The number of fused-ring (bicyclic) bond motifs is 4. The highest BCUT2D eigenvalue weighted by Gasteiger charge is 2.76. The first-order chi connectivity index (χ1) is 19.8. The van der Waals surface area contributed by atoms with Gasteiger partial charge in [-0.05, 0) is 49.1 Å². The number of hydrogen-bond donors (Lipinski definition) is 2. The highest BCUT2D eigenvalue weighted by atomic mass is 79.9. The Morgan fingerprint density at radius 3 is 2.45 bits per heavy atom. The monoisotopic (exact) mass is 676 g/mol. The summed E-state index contributed by atoms with van der Waals surface area (Å²) in [6.07, 6.45) is 1.63. The number of nitrogens with zero attached hydrogens (tertiary/aromatic N) is 2. The lowest BCUT2D eigenvalue weighted by Gasteiger charge is -2.50. The van der Waals surface area contributed by atoms with E-state index in [2.05, 4.69) is 15.9 Å². The summed E-state index contributed by atoms with van der Waals surface area (Å²) < 4.78 is 5.83. The standard InChI is InChI=1S/C29H23BrCl2N2O8/c1-33-26(40)28(31)11-18-15(21(29(28,32)27(33)41)17-9-13(30)10-19(42-2)22(17)35)6-7-16-20(18)24(37)34(23(16)36)14-5-3-4-12(8-14)25(38)39/h3-6,8-10,16,18,20-21,35H,7,11H2,1-2H3,(H,38,39)/t16-,18+,20-,21+,28+,29-/m0/s1. The number of phenolic OH excluding ortho intramolecular Hbond substituents is 1. The van der Waals surface area contributed by atoms with Crippen LogP contribution in [0.5, 0.6) is 11.5 Å². The van der Waals surface area contributed by atoms with Crippen molar-refractivity contribution >= 4 is 74.4 Å². The van der Waals surface area contributed by atoms with Gasteiger partial charge in [0.15, 0.2) is 21.2 Å². The summed E-state index contributed by atoms with van der Waals surface area (Å²) in [7, 11) is 2.63. The molecule has 2 heterocycles. The Balaban J connectivity index is 1.53. The Kier molecular flexibility index (Phi) is 6.53. The molecule has 0 unspecified atom stereocenters. The van der Waals surface area contributed by atoms with Crippen molar-refractivity contribution in [3.8, 4) is 11.5 Å². The van der Waals surface area contributed by atoms with Gasteiger partial charge in [-0.1, -0.05) is 33.6 Å². The van der Waals surface area contributed by atoms with E-state index in [-0.39, 0.29) is 41.2 Å². The van der Waals surface area contributed by atoms with Gasteiger partial charge in [-0.25, -0.2) is 4.79 Å². The lowest BCUT2D eigenvalue weighted by atomic mass is 9.56. The number of carbonyl (C=O) groups is 5. The number of carbonyl (C=O) groups excluding carboxylic acids is 4. The topological polar surface area (TPSA) is 142 Å². The van der Waals surface area contributed by atoms with Crippen LogP contribution in [0.25, 0.3) is 0 Å². The number of amides is 4. The van der Waals surface area contributed by atoms with E-state index in [1.807, 2.05) is 0 Å². The zero-order valence-corrected chi connectivity index (χ0v) is 25.2. The van der Waals surface area contributed by atoms with Gasteiger partial charge in [-0.3, -0.25) is 29.0 Å². The third kappa shape index (κ3) is 3.59. The molecular formula is C29H23BrCl2N2O8. The summed E-state index contributed by atoms with van der Waals surface area (Å²) in [5.41, 5.74) is 0.677. The molecule has 2 aromatic carbocycles. The van der Waals surface area contributed by atoms with E-state index in [1.165, 1.54) is 44.5 Å².